The Labute approximate surface area is 210 Å². The lowest BCUT2D eigenvalue weighted by Crippen LogP contribution is -2.55. The van der Waals surface area contributed by atoms with Gasteiger partial charge in [-0.05, 0) is 78.0 Å². The van der Waals surface area contributed by atoms with E-state index in [4.69, 9.17) is 4.74 Å². The Hall–Kier alpha value is -2.77. The van der Waals surface area contributed by atoms with E-state index in [1.165, 1.54) is 12.1 Å². The molecule has 1 aromatic carbocycles. The molecule has 1 aromatic rings. The summed E-state index contributed by atoms with van der Waals surface area (Å²) in [5, 5.41) is 15.5. The Morgan fingerprint density at radius 1 is 1.03 bits per heavy atom. The smallest absolute Gasteiger partial charge is 0.408 e. The van der Waals surface area contributed by atoms with Crippen LogP contribution in [-0.2, 0) is 14.3 Å². The predicted molar refractivity (Wildman–Crippen MR) is 138 cm³/mol. The second-order valence-corrected chi connectivity index (χ2v) is 11.4. The minimum absolute atomic E-state index is 0.0689. The number of carbonyl (C=O) groups is 3. The van der Waals surface area contributed by atoms with Gasteiger partial charge >= 0.3 is 6.09 Å². The maximum atomic E-state index is 14.0. The lowest BCUT2D eigenvalue weighted by molar-refractivity contribution is -0.143. The number of nitrogens with one attached hydrogen (secondary N) is 2. The first-order valence-electron chi connectivity index (χ1n) is 12.4. The first-order valence-corrected chi connectivity index (χ1v) is 12.4. The SMILES string of the molecule is CCCCN(C(=O)C(CC(C)C)NC(=O)OC(C)(C)C)C(C(=O)NC(C)(C)C)c1ccc(O)cc1. The van der Waals surface area contributed by atoms with Crippen molar-refractivity contribution in [2.45, 2.75) is 105 Å². The average molecular weight is 492 g/mol. The molecule has 0 aliphatic carbocycles. The number of phenols is 1. The Morgan fingerprint density at radius 3 is 2.06 bits per heavy atom. The molecule has 1 rings (SSSR count). The number of hydrogen-bond acceptors (Lipinski definition) is 5. The van der Waals surface area contributed by atoms with E-state index in [1.807, 2.05) is 41.5 Å². The zero-order valence-electron chi connectivity index (χ0n) is 22.9. The van der Waals surface area contributed by atoms with E-state index in [0.29, 0.717) is 24.9 Å². The normalized spacial score (nSPS) is 13.7. The van der Waals surface area contributed by atoms with Gasteiger partial charge in [0.2, 0.25) is 11.8 Å². The highest BCUT2D eigenvalue weighted by Gasteiger charge is 2.37. The molecule has 2 unspecified atom stereocenters. The second kappa shape index (κ2) is 12.8. The van der Waals surface area contributed by atoms with Crippen molar-refractivity contribution >= 4 is 17.9 Å². The van der Waals surface area contributed by atoms with Crippen molar-refractivity contribution in [1.29, 1.82) is 0 Å². The summed E-state index contributed by atoms with van der Waals surface area (Å²) in [4.78, 5) is 41.6. The number of amides is 3. The summed E-state index contributed by atoms with van der Waals surface area (Å²) in [6, 6.07) is 4.51. The van der Waals surface area contributed by atoms with E-state index in [0.717, 1.165) is 6.42 Å². The average Bonchev–Trinajstić information content (AvgIpc) is 2.68. The molecule has 198 valence electrons. The molecular weight excluding hydrogens is 446 g/mol. The summed E-state index contributed by atoms with van der Waals surface area (Å²) < 4.78 is 5.40. The molecule has 0 aliphatic rings. The van der Waals surface area contributed by atoms with E-state index < -0.39 is 29.3 Å². The number of aromatic hydroxyl groups is 1. The number of benzene rings is 1. The van der Waals surface area contributed by atoms with Crippen LogP contribution in [0.25, 0.3) is 0 Å². The van der Waals surface area contributed by atoms with Crippen molar-refractivity contribution < 1.29 is 24.2 Å². The van der Waals surface area contributed by atoms with Crippen LogP contribution in [0, 0.1) is 5.92 Å². The molecule has 0 heterocycles. The fourth-order valence-corrected chi connectivity index (χ4v) is 3.61. The molecule has 2 atom stereocenters. The summed E-state index contributed by atoms with van der Waals surface area (Å²) in [6.07, 6.45) is 1.22. The third kappa shape index (κ3) is 11.0. The Morgan fingerprint density at radius 2 is 1.60 bits per heavy atom. The van der Waals surface area contributed by atoms with E-state index in [-0.39, 0.29) is 23.5 Å². The quantitative estimate of drug-likeness (QED) is 0.431. The summed E-state index contributed by atoms with van der Waals surface area (Å²) >= 11 is 0. The highest BCUT2D eigenvalue weighted by Crippen LogP contribution is 2.26. The van der Waals surface area contributed by atoms with Gasteiger partial charge in [-0.15, -0.1) is 0 Å². The summed E-state index contributed by atoms with van der Waals surface area (Å²) in [5.41, 5.74) is -0.647. The van der Waals surface area contributed by atoms with Crippen molar-refractivity contribution in [2.24, 2.45) is 5.92 Å². The van der Waals surface area contributed by atoms with Gasteiger partial charge in [0.1, 0.15) is 23.4 Å². The van der Waals surface area contributed by atoms with Gasteiger partial charge in [0.25, 0.3) is 0 Å². The van der Waals surface area contributed by atoms with Crippen molar-refractivity contribution in [3.05, 3.63) is 29.8 Å². The number of nitrogens with zero attached hydrogens (tertiary/aromatic N) is 1. The maximum Gasteiger partial charge on any atom is 0.408 e. The van der Waals surface area contributed by atoms with Crippen LogP contribution in [0.4, 0.5) is 4.79 Å². The van der Waals surface area contributed by atoms with Crippen molar-refractivity contribution in [1.82, 2.24) is 15.5 Å². The zero-order chi connectivity index (χ0) is 27.0. The molecule has 0 bridgehead atoms. The molecule has 0 aliphatic heterocycles. The van der Waals surface area contributed by atoms with Crippen molar-refractivity contribution in [3.8, 4) is 5.75 Å². The van der Waals surface area contributed by atoms with E-state index in [9.17, 15) is 19.5 Å². The van der Waals surface area contributed by atoms with Gasteiger partial charge in [0.15, 0.2) is 0 Å². The monoisotopic (exact) mass is 491 g/mol. The van der Waals surface area contributed by atoms with Crippen molar-refractivity contribution in [3.63, 3.8) is 0 Å². The number of alkyl carbamates (subject to hydrolysis) is 1. The van der Waals surface area contributed by atoms with Crippen LogP contribution in [-0.4, -0.2) is 51.6 Å². The molecule has 3 amide bonds. The largest absolute Gasteiger partial charge is 0.508 e. The minimum atomic E-state index is -0.927. The second-order valence-electron chi connectivity index (χ2n) is 11.4. The fourth-order valence-electron chi connectivity index (χ4n) is 3.61. The molecule has 0 fully saturated rings. The number of hydrogen-bond donors (Lipinski definition) is 3. The van der Waals surface area contributed by atoms with Crippen molar-refractivity contribution in [2.75, 3.05) is 6.54 Å². The summed E-state index contributed by atoms with van der Waals surface area (Å²) in [5.74, 6) is -0.491. The lowest BCUT2D eigenvalue weighted by Gasteiger charge is -2.36. The maximum absolute atomic E-state index is 14.0. The van der Waals surface area contributed by atoms with Gasteiger partial charge in [0, 0.05) is 12.1 Å². The number of phenolic OH excluding ortho intramolecular Hbond substituents is 1. The Bertz CT molecular complexity index is 838. The van der Waals surface area contributed by atoms with Gasteiger partial charge in [-0.1, -0.05) is 39.3 Å². The van der Waals surface area contributed by atoms with E-state index in [2.05, 4.69) is 10.6 Å². The molecule has 8 heteroatoms. The Kier molecular flexibility index (Phi) is 11.1. The van der Waals surface area contributed by atoms with E-state index >= 15 is 0 Å². The lowest BCUT2D eigenvalue weighted by atomic mass is 9.98. The third-order valence-corrected chi connectivity index (χ3v) is 5.00. The molecule has 8 nitrogen and oxygen atoms in total. The molecule has 0 radical (unpaired) electrons. The predicted octanol–water partition coefficient (Wildman–Crippen LogP) is 4.92. The third-order valence-electron chi connectivity index (χ3n) is 5.00. The van der Waals surface area contributed by atoms with E-state index in [1.54, 1.807) is 37.8 Å². The minimum Gasteiger partial charge on any atom is -0.508 e. The molecule has 0 aromatic heterocycles. The van der Waals surface area contributed by atoms with Gasteiger partial charge in [-0.2, -0.15) is 0 Å². The van der Waals surface area contributed by atoms with Crippen LogP contribution >= 0.6 is 0 Å². The number of carbonyl (C=O) groups excluding carboxylic acids is 3. The summed E-state index contributed by atoms with van der Waals surface area (Å²) in [7, 11) is 0. The molecule has 0 saturated heterocycles. The van der Waals surface area contributed by atoms with Gasteiger partial charge in [0.05, 0.1) is 0 Å². The molecule has 0 spiro atoms. The molecule has 0 saturated carbocycles. The number of rotatable bonds is 10. The van der Waals surface area contributed by atoms with Gasteiger partial charge in [-0.3, -0.25) is 9.59 Å². The van der Waals surface area contributed by atoms with Gasteiger partial charge < -0.3 is 25.4 Å². The number of ether oxygens (including phenoxy) is 1. The molecule has 3 N–H and O–H groups in total. The van der Waals surface area contributed by atoms with Crippen LogP contribution in [0.15, 0.2) is 24.3 Å². The number of unbranched alkanes of at least 4 members (excludes halogenated alkanes) is 1. The highest BCUT2D eigenvalue weighted by atomic mass is 16.6. The first kappa shape index (κ1) is 30.3. The van der Waals surface area contributed by atoms with Crippen LogP contribution in [0.2, 0.25) is 0 Å². The highest BCUT2D eigenvalue weighted by molar-refractivity contribution is 5.92. The molecular formula is C27H45N3O5. The van der Waals surface area contributed by atoms with Crippen LogP contribution in [0.3, 0.4) is 0 Å². The Balaban J connectivity index is 3.47. The van der Waals surface area contributed by atoms with Crippen LogP contribution < -0.4 is 10.6 Å². The standard InChI is InChI=1S/C27H45N3O5/c1-10-11-16-30(24(33)21(17-18(2)3)28-25(34)35-27(7,8)9)22(23(32)29-26(4,5)6)19-12-14-20(31)15-13-19/h12-15,18,21-22,31H,10-11,16-17H2,1-9H3,(H,28,34)(H,29,32). The summed E-state index contributed by atoms with van der Waals surface area (Å²) in [6.45, 7) is 17.2. The topological polar surface area (TPSA) is 108 Å². The first-order chi connectivity index (χ1) is 16.0. The van der Waals surface area contributed by atoms with Crippen LogP contribution in [0.5, 0.6) is 5.75 Å². The van der Waals surface area contributed by atoms with Gasteiger partial charge in [-0.25, -0.2) is 4.79 Å². The zero-order valence-corrected chi connectivity index (χ0v) is 22.9. The van der Waals surface area contributed by atoms with Crippen LogP contribution in [0.1, 0.15) is 93.2 Å². The molecule has 35 heavy (non-hydrogen) atoms. The fraction of sp³-hybridized carbons (Fsp3) is 0.667.